The number of sulfonamides is 1. The summed E-state index contributed by atoms with van der Waals surface area (Å²) >= 11 is 7.75. The van der Waals surface area contributed by atoms with Crippen molar-refractivity contribution in [1.82, 2.24) is 4.98 Å². The Labute approximate surface area is 230 Å². The number of carbonyl (C=O) groups excluding carboxylic acids is 1. The molecule has 5 rings (SSSR count). The van der Waals surface area contributed by atoms with Gasteiger partial charge in [0.05, 0.1) is 20.8 Å². The van der Waals surface area contributed by atoms with E-state index in [1.807, 2.05) is 31.2 Å². The lowest BCUT2D eigenvalue weighted by molar-refractivity contribution is -0.114. The average molecular weight is 562 g/mol. The number of aryl methyl sites for hydroxylation is 2. The van der Waals surface area contributed by atoms with Crippen LogP contribution in [-0.2, 0) is 14.8 Å². The highest BCUT2D eigenvalue weighted by atomic mass is 35.5. The summed E-state index contributed by atoms with van der Waals surface area (Å²) in [5, 5.41) is 4.06. The standard InChI is InChI=1S/C29H24ClN3O3S2/c1-19-6-13-25(14-7-19)38(35,36)33(24-5-3-4-22(30)17-24)18-28(34)31-23-11-9-21(10-12-23)29-32-26-15-8-20(2)16-27(26)37-29/h3-17H,18H2,1-2H3,(H,31,34). The third-order valence-corrected chi connectivity index (χ3v) is 9.04. The molecule has 192 valence electrons. The van der Waals surface area contributed by atoms with Crippen LogP contribution in [0.4, 0.5) is 11.4 Å². The van der Waals surface area contributed by atoms with E-state index in [4.69, 9.17) is 16.6 Å². The maximum atomic E-state index is 13.5. The monoisotopic (exact) mass is 561 g/mol. The first-order chi connectivity index (χ1) is 18.2. The van der Waals surface area contributed by atoms with Gasteiger partial charge in [-0.3, -0.25) is 9.10 Å². The van der Waals surface area contributed by atoms with Crippen LogP contribution >= 0.6 is 22.9 Å². The van der Waals surface area contributed by atoms with Gasteiger partial charge in [0.2, 0.25) is 5.91 Å². The molecule has 4 aromatic carbocycles. The van der Waals surface area contributed by atoms with Gasteiger partial charge < -0.3 is 5.32 Å². The highest BCUT2D eigenvalue weighted by Gasteiger charge is 2.27. The minimum Gasteiger partial charge on any atom is -0.325 e. The first kappa shape index (κ1) is 25.9. The lowest BCUT2D eigenvalue weighted by atomic mass is 10.2. The molecule has 6 nitrogen and oxygen atoms in total. The maximum absolute atomic E-state index is 13.5. The van der Waals surface area contributed by atoms with Crippen LogP contribution < -0.4 is 9.62 Å². The van der Waals surface area contributed by atoms with Crippen LogP contribution in [0.3, 0.4) is 0 Å². The zero-order valence-corrected chi connectivity index (χ0v) is 23.1. The van der Waals surface area contributed by atoms with Gasteiger partial charge in [-0.05, 0) is 86.1 Å². The molecule has 0 bridgehead atoms. The minimum absolute atomic E-state index is 0.0891. The first-order valence-electron chi connectivity index (χ1n) is 11.8. The van der Waals surface area contributed by atoms with Crippen LogP contribution in [0.25, 0.3) is 20.8 Å². The molecule has 0 saturated carbocycles. The molecule has 0 aliphatic rings. The Morgan fingerprint density at radius 2 is 1.63 bits per heavy atom. The smallest absolute Gasteiger partial charge is 0.264 e. The van der Waals surface area contributed by atoms with E-state index in [1.165, 1.54) is 23.8 Å². The number of rotatable bonds is 7. The van der Waals surface area contributed by atoms with Crippen LogP contribution in [-0.4, -0.2) is 25.9 Å². The fourth-order valence-corrected chi connectivity index (χ4v) is 6.63. The van der Waals surface area contributed by atoms with Gasteiger partial charge in [0, 0.05) is 16.3 Å². The quantitative estimate of drug-likeness (QED) is 0.230. The van der Waals surface area contributed by atoms with Crippen LogP contribution in [0.5, 0.6) is 0 Å². The fraction of sp³-hybridized carbons (Fsp3) is 0.103. The first-order valence-corrected chi connectivity index (χ1v) is 14.4. The van der Waals surface area contributed by atoms with Gasteiger partial charge in [-0.1, -0.05) is 41.4 Å². The van der Waals surface area contributed by atoms with Gasteiger partial charge in [-0.25, -0.2) is 13.4 Å². The predicted molar refractivity (Wildman–Crippen MR) is 156 cm³/mol. The number of benzene rings is 4. The molecular formula is C29H24ClN3O3S2. The Hall–Kier alpha value is -3.72. The lowest BCUT2D eigenvalue weighted by Crippen LogP contribution is -2.38. The number of fused-ring (bicyclic) bond motifs is 1. The highest BCUT2D eigenvalue weighted by Crippen LogP contribution is 2.31. The zero-order chi connectivity index (χ0) is 26.9. The summed E-state index contributed by atoms with van der Waals surface area (Å²) in [7, 11) is -4.03. The van der Waals surface area contributed by atoms with Crippen LogP contribution in [0, 0.1) is 13.8 Å². The SMILES string of the molecule is Cc1ccc(S(=O)(=O)N(CC(=O)Nc2ccc(-c3nc4ccc(C)cc4s3)cc2)c2cccc(Cl)c2)cc1. The summed E-state index contributed by atoms with van der Waals surface area (Å²) in [5.41, 5.74) is 4.85. The van der Waals surface area contributed by atoms with Crippen LogP contribution in [0.1, 0.15) is 11.1 Å². The topological polar surface area (TPSA) is 79.4 Å². The normalized spacial score (nSPS) is 11.4. The van der Waals surface area contributed by atoms with Gasteiger partial charge in [0.1, 0.15) is 11.6 Å². The van der Waals surface area contributed by atoms with Crippen molar-refractivity contribution in [3.05, 3.63) is 107 Å². The number of halogens is 1. The number of hydrogen-bond donors (Lipinski definition) is 1. The second-order valence-electron chi connectivity index (χ2n) is 8.92. The molecule has 5 aromatic rings. The summed E-state index contributed by atoms with van der Waals surface area (Å²) in [5.74, 6) is -0.483. The molecule has 0 spiro atoms. The molecule has 0 aliphatic heterocycles. The largest absolute Gasteiger partial charge is 0.325 e. The summed E-state index contributed by atoms with van der Waals surface area (Å²) in [6.45, 7) is 3.51. The van der Waals surface area contributed by atoms with Gasteiger partial charge >= 0.3 is 0 Å². The van der Waals surface area contributed by atoms with Crippen molar-refractivity contribution in [2.24, 2.45) is 0 Å². The lowest BCUT2D eigenvalue weighted by Gasteiger charge is -2.24. The van der Waals surface area contributed by atoms with Crippen molar-refractivity contribution >= 4 is 60.5 Å². The van der Waals surface area contributed by atoms with E-state index in [9.17, 15) is 13.2 Å². The van der Waals surface area contributed by atoms with Crippen molar-refractivity contribution in [3.8, 4) is 10.6 Å². The van der Waals surface area contributed by atoms with E-state index >= 15 is 0 Å². The molecule has 1 aromatic heterocycles. The molecule has 0 aliphatic carbocycles. The van der Waals surface area contributed by atoms with Crippen molar-refractivity contribution in [2.45, 2.75) is 18.7 Å². The summed E-state index contributed by atoms with van der Waals surface area (Å²) < 4.78 is 29.3. The van der Waals surface area contributed by atoms with Gasteiger partial charge in [-0.15, -0.1) is 11.3 Å². The molecule has 38 heavy (non-hydrogen) atoms. The van der Waals surface area contributed by atoms with E-state index in [2.05, 4.69) is 18.3 Å². The molecule has 0 unspecified atom stereocenters. The van der Waals surface area contributed by atoms with E-state index in [-0.39, 0.29) is 4.90 Å². The van der Waals surface area contributed by atoms with E-state index in [1.54, 1.807) is 53.8 Å². The van der Waals surface area contributed by atoms with Crippen LogP contribution in [0.2, 0.25) is 5.02 Å². The van der Waals surface area contributed by atoms with E-state index in [0.717, 1.165) is 30.7 Å². The van der Waals surface area contributed by atoms with Crippen molar-refractivity contribution < 1.29 is 13.2 Å². The molecule has 1 amide bonds. The Kier molecular flexibility index (Phi) is 7.21. The van der Waals surface area contributed by atoms with Gasteiger partial charge in [-0.2, -0.15) is 0 Å². The fourth-order valence-electron chi connectivity index (χ4n) is 3.97. The van der Waals surface area contributed by atoms with E-state index < -0.39 is 22.5 Å². The number of anilines is 2. The summed E-state index contributed by atoms with van der Waals surface area (Å²) in [6.07, 6.45) is 0. The number of carbonyl (C=O) groups is 1. The Bertz CT molecular complexity index is 1730. The molecule has 0 radical (unpaired) electrons. The average Bonchev–Trinajstić information content (AvgIpc) is 3.31. The second-order valence-corrected chi connectivity index (χ2v) is 12.2. The molecule has 1 N–H and O–H groups in total. The third kappa shape index (κ3) is 5.57. The minimum atomic E-state index is -4.03. The zero-order valence-electron chi connectivity index (χ0n) is 20.7. The predicted octanol–water partition coefficient (Wildman–Crippen LogP) is 7.07. The third-order valence-electron chi connectivity index (χ3n) is 5.95. The summed E-state index contributed by atoms with van der Waals surface area (Å²) in [6, 6.07) is 26.4. The van der Waals surface area contributed by atoms with Gasteiger partial charge in [0.25, 0.3) is 10.0 Å². The Morgan fingerprint density at radius 1 is 0.921 bits per heavy atom. The molecular weight excluding hydrogens is 538 g/mol. The highest BCUT2D eigenvalue weighted by molar-refractivity contribution is 7.92. The number of thiazole rings is 1. The molecule has 9 heteroatoms. The van der Waals surface area contributed by atoms with Crippen LogP contribution in [0.15, 0.2) is 95.9 Å². The number of nitrogens with zero attached hydrogens (tertiary/aromatic N) is 2. The van der Waals surface area contributed by atoms with E-state index in [0.29, 0.717) is 16.4 Å². The van der Waals surface area contributed by atoms with Crippen molar-refractivity contribution in [1.29, 1.82) is 0 Å². The Morgan fingerprint density at radius 3 is 2.34 bits per heavy atom. The van der Waals surface area contributed by atoms with Gasteiger partial charge in [0.15, 0.2) is 0 Å². The number of aromatic nitrogens is 1. The van der Waals surface area contributed by atoms with Crippen molar-refractivity contribution in [2.75, 3.05) is 16.2 Å². The molecule has 0 saturated heterocycles. The number of nitrogens with one attached hydrogen (secondary N) is 1. The molecule has 0 atom stereocenters. The Balaban J connectivity index is 1.37. The number of hydrogen-bond acceptors (Lipinski definition) is 5. The maximum Gasteiger partial charge on any atom is 0.264 e. The molecule has 0 fully saturated rings. The molecule has 1 heterocycles. The summed E-state index contributed by atoms with van der Waals surface area (Å²) in [4.78, 5) is 17.8. The second kappa shape index (κ2) is 10.6. The van der Waals surface area contributed by atoms with Crippen molar-refractivity contribution in [3.63, 3.8) is 0 Å². The number of amides is 1.